The van der Waals surface area contributed by atoms with E-state index in [4.69, 9.17) is 49.5 Å². The van der Waals surface area contributed by atoms with Gasteiger partial charge in [0.1, 0.15) is 28.0 Å². The molecule has 0 aliphatic heterocycles. The molecule has 3 aromatic carbocycles. The molecule has 0 atom stereocenters. The summed E-state index contributed by atoms with van der Waals surface area (Å²) in [6, 6.07) is 15.9. The van der Waals surface area contributed by atoms with Crippen molar-refractivity contribution in [3.05, 3.63) is 108 Å². The van der Waals surface area contributed by atoms with Gasteiger partial charge in [0.25, 0.3) is 0 Å². The number of aryl methyl sites for hydroxylation is 1. The van der Waals surface area contributed by atoms with Gasteiger partial charge in [0.05, 0.1) is 37.6 Å². The number of unbranched alkanes of at least 4 members (excludes halogenated alkanes) is 6. The van der Waals surface area contributed by atoms with Crippen LogP contribution in [-0.2, 0) is 28.5 Å². The van der Waals surface area contributed by atoms with Gasteiger partial charge in [0, 0.05) is 6.08 Å². The van der Waals surface area contributed by atoms with Crippen LogP contribution in [0, 0.1) is 6.92 Å². The SMILES string of the molecule is C=CC(=O)OCCCCCCOC(=O)Oc1ccc(C(=O)Oc2ccc(OC(=O)c3ccc(OC(=O)OCCCCCCOC(=O)C(=C)Cl)cc3)c(C)c2)cc1. The Kier molecular flexibility index (Phi) is 19.2. The average molecular weight is 795 g/mol. The number of carbonyl (C=O) groups excluding carboxylic acids is 6. The number of halogens is 1. The molecule has 14 nitrogen and oxygen atoms in total. The average Bonchev–Trinajstić information content (AvgIpc) is 3.18. The summed E-state index contributed by atoms with van der Waals surface area (Å²) in [5, 5.41) is -0.172. The van der Waals surface area contributed by atoms with Crippen LogP contribution >= 0.6 is 11.6 Å². The Morgan fingerprint density at radius 3 is 1.43 bits per heavy atom. The molecule has 0 saturated carbocycles. The summed E-state index contributed by atoms with van der Waals surface area (Å²) < 4.78 is 41.2. The maximum atomic E-state index is 12.8. The Bertz CT molecular complexity index is 1820. The third kappa shape index (κ3) is 16.9. The third-order valence-electron chi connectivity index (χ3n) is 7.52. The fourth-order valence-electron chi connectivity index (χ4n) is 4.60. The highest BCUT2D eigenvalue weighted by Gasteiger charge is 2.15. The maximum absolute atomic E-state index is 12.8. The van der Waals surface area contributed by atoms with Gasteiger partial charge in [-0.25, -0.2) is 28.8 Å². The number of hydrogen-bond acceptors (Lipinski definition) is 14. The molecule has 15 heteroatoms. The molecule has 0 aliphatic carbocycles. The van der Waals surface area contributed by atoms with E-state index in [2.05, 4.69) is 13.2 Å². The first-order chi connectivity index (χ1) is 26.9. The van der Waals surface area contributed by atoms with Crippen LogP contribution < -0.4 is 18.9 Å². The number of ether oxygens (including phenoxy) is 8. The molecule has 0 aliphatic rings. The minimum atomic E-state index is -0.891. The molecule has 0 amide bonds. The van der Waals surface area contributed by atoms with Crippen molar-refractivity contribution in [2.45, 2.75) is 58.3 Å². The van der Waals surface area contributed by atoms with E-state index in [0.717, 1.165) is 31.8 Å². The molecule has 0 N–H and O–H groups in total. The van der Waals surface area contributed by atoms with E-state index in [1.54, 1.807) is 6.92 Å². The van der Waals surface area contributed by atoms with E-state index in [-0.39, 0.29) is 59.0 Å². The molecule has 0 aromatic heterocycles. The second-order valence-corrected chi connectivity index (χ2v) is 12.4. The van der Waals surface area contributed by atoms with Crippen molar-refractivity contribution in [1.29, 1.82) is 0 Å². The molecule has 0 saturated heterocycles. The highest BCUT2D eigenvalue weighted by atomic mass is 35.5. The van der Waals surface area contributed by atoms with Gasteiger partial charge in [-0.2, -0.15) is 0 Å². The molecule has 3 aromatic rings. The summed E-state index contributed by atoms with van der Waals surface area (Å²) in [5.74, 6) is -1.65. The first-order valence-corrected chi connectivity index (χ1v) is 18.1. The first-order valence-electron chi connectivity index (χ1n) is 17.7. The largest absolute Gasteiger partial charge is 0.513 e. The smallest absolute Gasteiger partial charge is 0.463 e. The minimum Gasteiger partial charge on any atom is -0.463 e. The number of rotatable bonds is 22. The van der Waals surface area contributed by atoms with Crippen molar-refractivity contribution in [3.63, 3.8) is 0 Å². The molecule has 0 fully saturated rings. The number of benzene rings is 3. The van der Waals surface area contributed by atoms with Gasteiger partial charge < -0.3 is 37.9 Å². The van der Waals surface area contributed by atoms with Gasteiger partial charge in [0.2, 0.25) is 0 Å². The lowest BCUT2D eigenvalue weighted by Crippen LogP contribution is -2.13. The first kappa shape index (κ1) is 44.2. The summed E-state index contributed by atoms with van der Waals surface area (Å²) >= 11 is 5.44. The van der Waals surface area contributed by atoms with Crippen LogP contribution in [0.4, 0.5) is 9.59 Å². The highest BCUT2D eigenvalue weighted by molar-refractivity contribution is 6.40. The van der Waals surface area contributed by atoms with Crippen LogP contribution in [0.25, 0.3) is 0 Å². The highest BCUT2D eigenvalue weighted by Crippen LogP contribution is 2.26. The second-order valence-electron chi connectivity index (χ2n) is 11.9. The van der Waals surface area contributed by atoms with Crippen LogP contribution in [0.5, 0.6) is 23.0 Å². The van der Waals surface area contributed by atoms with Crippen LogP contribution in [0.3, 0.4) is 0 Å². The van der Waals surface area contributed by atoms with Crippen LogP contribution in [0.15, 0.2) is 91.0 Å². The number of esters is 4. The molecular formula is C41H43ClO14. The lowest BCUT2D eigenvalue weighted by Gasteiger charge is -2.11. The monoisotopic (exact) mass is 794 g/mol. The molecule has 0 spiro atoms. The zero-order chi connectivity index (χ0) is 40.7. The minimum absolute atomic E-state index is 0.144. The predicted molar refractivity (Wildman–Crippen MR) is 202 cm³/mol. The molecular weight excluding hydrogens is 752 g/mol. The van der Waals surface area contributed by atoms with Crippen molar-refractivity contribution in [3.8, 4) is 23.0 Å². The molecule has 3 rings (SSSR count). The summed E-state index contributed by atoms with van der Waals surface area (Å²) in [5.41, 5.74) is 0.908. The summed E-state index contributed by atoms with van der Waals surface area (Å²) in [4.78, 5) is 71.7. The molecule has 298 valence electrons. The van der Waals surface area contributed by atoms with E-state index < -0.39 is 36.2 Å². The van der Waals surface area contributed by atoms with Gasteiger partial charge in [-0.05, 0) is 131 Å². The zero-order valence-corrected chi connectivity index (χ0v) is 31.7. The van der Waals surface area contributed by atoms with E-state index in [9.17, 15) is 28.8 Å². The van der Waals surface area contributed by atoms with E-state index in [1.165, 1.54) is 66.7 Å². The van der Waals surface area contributed by atoms with Crippen LogP contribution in [0.1, 0.15) is 77.6 Å². The number of carbonyl (C=O) groups is 6. The van der Waals surface area contributed by atoms with Crippen LogP contribution in [0.2, 0.25) is 0 Å². The van der Waals surface area contributed by atoms with Gasteiger partial charge in [-0.1, -0.05) is 24.8 Å². The molecule has 0 radical (unpaired) electrons. The standard InChI is InChI=1S/C41H43ClO14/c1-4-36(43)49-23-9-5-7-11-25-51-40(47)54-32-17-13-30(14-18-32)38(45)53-34-21-22-35(28(2)27-34)56-39(46)31-15-19-33(20-16-31)55-41(48)52-26-12-8-6-10-24-50-37(44)29(3)42/h4,13-22,27H,1,3,5-12,23-26H2,2H3. The second kappa shape index (κ2) is 24.3. The molecule has 0 bridgehead atoms. The van der Waals surface area contributed by atoms with Crippen LogP contribution in [-0.4, -0.2) is 62.6 Å². The lowest BCUT2D eigenvalue weighted by atomic mass is 10.2. The third-order valence-corrected chi connectivity index (χ3v) is 7.68. The van der Waals surface area contributed by atoms with E-state index in [1.807, 2.05) is 0 Å². The fraction of sp³-hybridized carbons (Fsp3) is 0.317. The summed E-state index contributed by atoms with van der Waals surface area (Å²) in [6.07, 6.45) is 4.96. The molecule has 0 unspecified atom stereocenters. The van der Waals surface area contributed by atoms with Gasteiger partial charge >= 0.3 is 36.2 Å². The quantitative estimate of drug-likeness (QED) is 0.0236. The van der Waals surface area contributed by atoms with Crippen molar-refractivity contribution in [2.24, 2.45) is 0 Å². The Morgan fingerprint density at radius 2 is 0.982 bits per heavy atom. The van der Waals surface area contributed by atoms with Gasteiger partial charge in [-0.15, -0.1) is 0 Å². The fourth-order valence-corrected chi connectivity index (χ4v) is 4.65. The normalized spacial score (nSPS) is 10.3. The Balaban J connectivity index is 1.34. The molecule has 0 heterocycles. The summed E-state index contributed by atoms with van der Waals surface area (Å²) in [7, 11) is 0. The topological polar surface area (TPSA) is 176 Å². The Labute approximate surface area is 329 Å². The van der Waals surface area contributed by atoms with Gasteiger partial charge in [0.15, 0.2) is 0 Å². The molecule has 56 heavy (non-hydrogen) atoms. The van der Waals surface area contributed by atoms with E-state index in [0.29, 0.717) is 37.9 Å². The van der Waals surface area contributed by atoms with Gasteiger partial charge in [-0.3, -0.25) is 0 Å². The predicted octanol–water partition coefficient (Wildman–Crippen LogP) is 8.61. The van der Waals surface area contributed by atoms with E-state index >= 15 is 0 Å². The number of hydrogen-bond donors (Lipinski definition) is 0. The Morgan fingerprint density at radius 1 is 0.554 bits per heavy atom. The Hall–Kier alpha value is -6.15. The lowest BCUT2D eigenvalue weighted by molar-refractivity contribution is -0.139. The summed E-state index contributed by atoms with van der Waals surface area (Å²) in [6.45, 7) is 9.13. The zero-order valence-electron chi connectivity index (χ0n) is 30.9. The van der Waals surface area contributed by atoms with Crippen molar-refractivity contribution >= 4 is 47.8 Å². The van der Waals surface area contributed by atoms with Crippen molar-refractivity contribution in [2.75, 3.05) is 26.4 Å². The maximum Gasteiger partial charge on any atom is 0.513 e. The van der Waals surface area contributed by atoms with Crippen molar-refractivity contribution < 1.29 is 66.7 Å². The van der Waals surface area contributed by atoms with Crippen molar-refractivity contribution in [1.82, 2.24) is 0 Å².